The first-order valence-electron chi connectivity index (χ1n) is 7.53. The minimum Gasteiger partial charge on any atom is -0.331 e. The second-order valence-electron chi connectivity index (χ2n) is 5.61. The summed E-state index contributed by atoms with van der Waals surface area (Å²) in [5, 5.41) is 14.8. The fraction of sp³-hybridized carbons (Fsp3) is 0.188. The topological polar surface area (TPSA) is 114 Å². The van der Waals surface area contributed by atoms with Crippen LogP contribution in [-0.4, -0.2) is 31.5 Å². The van der Waals surface area contributed by atoms with Crippen molar-refractivity contribution < 1.29 is 9.72 Å². The first kappa shape index (κ1) is 18.2. The number of fused-ring (bicyclic) bond motifs is 1. The van der Waals surface area contributed by atoms with Gasteiger partial charge in [0.05, 0.1) is 21.2 Å². The Balaban J connectivity index is 1.70. The highest BCUT2D eigenvalue weighted by atomic mass is 35.5. The third-order valence-electron chi connectivity index (χ3n) is 3.71. The van der Waals surface area contributed by atoms with Gasteiger partial charge in [0.25, 0.3) is 5.69 Å². The van der Waals surface area contributed by atoms with Crippen LogP contribution in [-0.2, 0) is 4.79 Å². The molecule has 0 aliphatic rings. The molecule has 1 amide bonds. The predicted octanol–water partition coefficient (Wildman–Crippen LogP) is 3.87. The molecule has 0 spiro atoms. The minimum atomic E-state index is -0.510. The van der Waals surface area contributed by atoms with Gasteiger partial charge in [0.1, 0.15) is 5.69 Å². The van der Waals surface area contributed by atoms with E-state index in [1.54, 1.807) is 19.1 Å². The lowest BCUT2D eigenvalue weighted by Crippen LogP contribution is -2.15. The molecule has 0 saturated heterocycles. The summed E-state index contributed by atoms with van der Waals surface area (Å²) in [6, 6.07) is 4.75. The highest BCUT2D eigenvalue weighted by molar-refractivity contribution is 7.99. The van der Waals surface area contributed by atoms with E-state index in [2.05, 4.69) is 20.3 Å². The van der Waals surface area contributed by atoms with Gasteiger partial charge in [-0.1, -0.05) is 23.4 Å². The number of halogens is 1. The van der Waals surface area contributed by atoms with Crippen molar-refractivity contribution in [3.05, 3.63) is 50.7 Å². The number of aromatic amines is 1. The number of carbonyl (C=O) groups is 1. The van der Waals surface area contributed by atoms with Crippen LogP contribution >= 0.6 is 23.4 Å². The van der Waals surface area contributed by atoms with Crippen LogP contribution in [0.25, 0.3) is 11.2 Å². The number of hydrogen-bond acceptors (Lipinski definition) is 6. The average Bonchev–Trinajstić information content (AvgIpc) is 2.97. The maximum Gasteiger partial charge on any atom is 0.293 e. The maximum absolute atomic E-state index is 12.2. The zero-order valence-electron chi connectivity index (χ0n) is 13.9. The van der Waals surface area contributed by atoms with E-state index >= 15 is 0 Å². The van der Waals surface area contributed by atoms with Gasteiger partial charge in [-0.2, -0.15) is 0 Å². The lowest BCUT2D eigenvalue weighted by atomic mass is 10.1. The molecule has 134 valence electrons. The number of aromatic nitrogens is 3. The lowest BCUT2D eigenvalue weighted by molar-refractivity contribution is -0.384. The minimum absolute atomic E-state index is 0.0393. The maximum atomic E-state index is 12.2. The summed E-state index contributed by atoms with van der Waals surface area (Å²) in [5.41, 5.74) is 2.87. The molecular formula is C16H14ClN5O3S. The number of aryl methyl sites for hydroxylation is 2. The standard InChI is InChI=1S/C16H14ClN5O3S/c1-8-3-11(13(22(24)25)4-9(8)2)19-14(23)7-26-16-20-12-5-10(17)6-18-15(12)21-16/h3-6H,7H2,1-2H3,(H,19,23)(H,18,20,21). The monoisotopic (exact) mass is 391 g/mol. The van der Waals surface area contributed by atoms with Crippen LogP contribution in [0.4, 0.5) is 11.4 Å². The van der Waals surface area contributed by atoms with Gasteiger partial charge in [-0.05, 0) is 37.1 Å². The third-order valence-corrected chi connectivity index (χ3v) is 4.79. The Morgan fingerprint density at radius 2 is 2.08 bits per heavy atom. The summed E-state index contributed by atoms with van der Waals surface area (Å²) in [4.78, 5) is 34.2. The largest absolute Gasteiger partial charge is 0.331 e. The van der Waals surface area contributed by atoms with Crippen LogP contribution in [0.1, 0.15) is 11.1 Å². The molecule has 2 heterocycles. The van der Waals surface area contributed by atoms with Gasteiger partial charge in [-0.15, -0.1) is 0 Å². The van der Waals surface area contributed by atoms with Gasteiger partial charge >= 0.3 is 0 Å². The van der Waals surface area contributed by atoms with Crippen LogP contribution < -0.4 is 5.32 Å². The molecule has 0 aliphatic carbocycles. The summed E-state index contributed by atoms with van der Waals surface area (Å²) >= 11 is 7.04. The van der Waals surface area contributed by atoms with Gasteiger partial charge in [-0.3, -0.25) is 14.9 Å². The van der Waals surface area contributed by atoms with E-state index in [9.17, 15) is 14.9 Å². The van der Waals surface area contributed by atoms with Crippen molar-refractivity contribution >= 4 is 51.8 Å². The molecule has 0 saturated carbocycles. The van der Waals surface area contributed by atoms with E-state index < -0.39 is 4.92 Å². The molecule has 0 aliphatic heterocycles. The summed E-state index contributed by atoms with van der Waals surface area (Å²) < 4.78 is 0. The molecule has 0 fully saturated rings. The van der Waals surface area contributed by atoms with E-state index in [0.717, 1.165) is 11.1 Å². The predicted molar refractivity (Wildman–Crippen MR) is 101 cm³/mol. The fourth-order valence-electron chi connectivity index (χ4n) is 2.29. The first-order valence-corrected chi connectivity index (χ1v) is 8.89. The first-order chi connectivity index (χ1) is 12.3. The zero-order chi connectivity index (χ0) is 18.8. The number of amides is 1. The number of anilines is 1. The van der Waals surface area contributed by atoms with E-state index in [1.807, 2.05) is 6.92 Å². The molecule has 3 aromatic rings. The number of imidazole rings is 1. The van der Waals surface area contributed by atoms with Crippen molar-refractivity contribution in [2.45, 2.75) is 19.0 Å². The molecule has 3 rings (SSSR count). The van der Waals surface area contributed by atoms with Gasteiger partial charge in [0.15, 0.2) is 10.8 Å². The number of rotatable bonds is 5. The summed E-state index contributed by atoms with van der Waals surface area (Å²) in [7, 11) is 0. The molecule has 2 N–H and O–H groups in total. The number of nitro groups is 1. The molecule has 0 atom stereocenters. The molecule has 10 heteroatoms. The van der Waals surface area contributed by atoms with Crippen LogP contribution in [0.2, 0.25) is 5.02 Å². The van der Waals surface area contributed by atoms with E-state index in [0.29, 0.717) is 21.3 Å². The molecular weight excluding hydrogens is 378 g/mol. The smallest absolute Gasteiger partial charge is 0.293 e. The van der Waals surface area contributed by atoms with Crippen molar-refractivity contribution in [2.75, 3.05) is 11.1 Å². The Labute approximate surface area is 157 Å². The third kappa shape index (κ3) is 3.94. The van der Waals surface area contributed by atoms with E-state index in [1.165, 1.54) is 24.0 Å². The van der Waals surface area contributed by atoms with Crippen LogP contribution in [0.3, 0.4) is 0 Å². The average molecular weight is 392 g/mol. The number of thioether (sulfide) groups is 1. The van der Waals surface area contributed by atoms with Gasteiger partial charge in [-0.25, -0.2) is 9.97 Å². The summed E-state index contributed by atoms with van der Waals surface area (Å²) in [6.45, 7) is 3.61. The number of hydrogen-bond donors (Lipinski definition) is 2. The normalized spacial score (nSPS) is 10.9. The number of nitro benzene ring substituents is 1. The Morgan fingerprint density at radius 1 is 1.35 bits per heavy atom. The Hall–Kier alpha value is -2.65. The van der Waals surface area contributed by atoms with Crippen molar-refractivity contribution in [3.8, 4) is 0 Å². The van der Waals surface area contributed by atoms with Crippen LogP contribution in [0.5, 0.6) is 0 Å². The SMILES string of the molecule is Cc1cc(NC(=O)CSc2nc3ncc(Cl)cc3[nH]2)c([N+](=O)[O-])cc1C. The Kier molecular flexibility index (Phi) is 5.10. The quantitative estimate of drug-likeness (QED) is 0.387. The number of H-pyrrole nitrogens is 1. The molecule has 1 aromatic carbocycles. The van der Waals surface area contributed by atoms with Crippen molar-refractivity contribution in [2.24, 2.45) is 0 Å². The summed E-state index contributed by atoms with van der Waals surface area (Å²) in [6.07, 6.45) is 1.49. The van der Waals surface area contributed by atoms with Crippen molar-refractivity contribution in [3.63, 3.8) is 0 Å². The second-order valence-corrected chi connectivity index (χ2v) is 7.01. The summed E-state index contributed by atoms with van der Waals surface area (Å²) in [5.74, 6) is -0.328. The lowest BCUT2D eigenvalue weighted by Gasteiger charge is -2.08. The zero-order valence-corrected chi connectivity index (χ0v) is 15.4. The Morgan fingerprint density at radius 3 is 2.81 bits per heavy atom. The van der Waals surface area contributed by atoms with Crippen molar-refractivity contribution in [1.29, 1.82) is 0 Å². The van der Waals surface area contributed by atoms with E-state index in [-0.39, 0.29) is 23.0 Å². The van der Waals surface area contributed by atoms with Crippen LogP contribution in [0.15, 0.2) is 29.6 Å². The molecule has 8 nitrogen and oxygen atoms in total. The second kappa shape index (κ2) is 7.30. The molecule has 0 radical (unpaired) electrons. The Bertz CT molecular complexity index is 1020. The van der Waals surface area contributed by atoms with E-state index in [4.69, 9.17) is 11.6 Å². The van der Waals surface area contributed by atoms with Crippen LogP contribution in [0, 0.1) is 24.0 Å². The molecule has 26 heavy (non-hydrogen) atoms. The number of nitrogens with zero attached hydrogens (tertiary/aromatic N) is 3. The number of nitrogens with one attached hydrogen (secondary N) is 2. The number of benzene rings is 1. The molecule has 0 bridgehead atoms. The number of carbonyl (C=O) groups excluding carboxylic acids is 1. The van der Waals surface area contributed by atoms with Crippen molar-refractivity contribution in [1.82, 2.24) is 15.0 Å². The van der Waals surface area contributed by atoms with Gasteiger partial charge in [0, 0.05) is 12.3 Å². The fourth-order valence-corrected chi connectivity index (χ4v) is 3.12. The van der Waals surface area contributed by atoms with Gasteiger partial charge in [0.2, 0.25) is 5.91 Å². The number of pyridine rings is 1. The molecule has 2 aromatic heterocycles. The highest BCUT2D eigenvalue weighted by Gasteiger charge is 2.18. The molecule has 0 unspecified atom stereocenters. The highest BCUT2D eigenvalue weighted by Crippen LogP contribution is 2.28. The van der Waals surface area contributed by atoms with Gasteiger partial charge < -0.3 is 10.3 Å².